The number of ether oxygens (including phenoxy) is 1. The van der Waals surface area contributed by atoms with Crippen LogP contribution in [-0.2, 0) is 5.66 Å². The number of hydrogen-bond donors (Lipinski definition) is 0. The summed E-state index contributed by atoms with van der Waals surface area (Å²) in [5, 5.41) is 2.41. The Balaban J connectivity index is 1.65. The quantitative estimate of drug-likeness (QED) is 0.264. The van der Waals surface area contributed by atoms with Gasteiger partial charge in [0.05, 0.1) is 16.6 Å². The molecule has 0 aliphatic carbocycles. The summed E-state index contributed by atoms with van der Waals surface area (Å²) < 4.78 is 13.8. The molecule has 0 saturated heterocycles. The van der Waals surface area contributed by atoms with E-state index in [4.69, 9.17) is 9.72 Å². The summed E-state index contributed by atoms with van der Waals surface area (Å²) in [5.74, 6) is 1.85. The van der Waals surface area contributed by atoms with Crippen LogP contribution >= 0.6 is 0 Å². The monoisotopic (exact) mass is 426 g/mol. The van der Waals surface area contributed by atoms with E-state index in [1.165, 1.54) is 49.9 Å². The smallest absolute Gasteiger partial charge is 0.425 e. The molecule has 0 amide bonds. The van der Waals surface area contributed by atoms with Crippen LogP contribution in [0.1, 0.15) is 22.5 Å². The zero-order chi connectivity index (χ0) is 21.6. The summed E-state index contributed by atoms with van der Waals surface area (Å²) in [6, 6.07) is 21.6. The Bertz CT molecular complexity index is 1930. The molecule has 3 aliphatic heterocycles. The van der Waals surface area contributed by atoms with Gasteiger partial charge in [0.2, 0.25) is 11.2 Å². The number of rotatable bonds is 0. The van der Waals surface area contributed by atoms with Crippen molar-refractivity contribution in [2.45, 2.75) is 19.5 Å². The fourth-order valence-corrected chi connectivity index (χ4v) is 6.70. The fraction of sp³-hybridized carbons (Fsp3) is 0.107. The van der Waals surface area contributed by atoms with Crippen LogP contribution < -0.4 is 13.9 Å². The Labute approximate surface area is 188 Å². The number of nitrogens with zero attached hydrogens (tertiary/aromatic N) is 4. The van der Waals surface area contributed by atoms with Crippen molar-refractivity contribution in [3.05, 3.63) is 95.6 Å². The van der Waals surface area contributed by atoms with E-state index in [9.17, 15) is 0 Å². The molecule has 9 rings (SSSR count). The second-order valence-corrected chi connectivity index (χ2v) is 9.32. The molecular formula is C28H18N4O+2. The van der Waals surface area contributed by atoms with E-state index in [-0.39, 0.29) is 0 Å². The van der Waals surface area contributed by atoms with Crippen LogP contribution in [0.25, 0.3) is 38.7 Å². The van der Waals surface area contributed by atoms with E-state index in [1.54, 1.807) is 0 Å². The first kappa shape index (κ1) is 16.4. The van der Waals surface area contributed by atoms with Crippen LogP contribution in [0.15, 0.2) is 73.1 Å². The second-order valence-electron chi connectivity index (χ2n) is 9.32. The molecule has 33 heavy (non-hydrogen) atoms. The zero-order valence-corrected chi connectivity index (χ0v) is 18.1. The lowest BCUT2D eigenvalue weighted by molar-refractivity contribution is -0.950. The number of hydrogen-bond acceptors (Lipinski definition) is 2. The first-order chi connectivity index (χ1) is 16.2. The molecular weight excluding hydrogens is 408 g/mol. The molecule has 2 aromatic carbocycles. The maximum absolute atomic E-state index is 6.60. The van der Waals surface area contributed by atoms with Gasteiger partial charge in [0, 0.05) is 29.3 Å². The van der Waals surface area contributed by atoms with Gasteiger partial charge in [-0.3, -0.25) is 4.40 Å². The van der Waals surface area contributed by atoms with Crippen molar-refractivity contribution >= 4 is 27.5 Å². The normalized spacial score (nSPS) is 18.4. The molecule has 1 spiro atoms. The average Bonchev–Trinajstić information content (AvgIpc) is 3.44. The van der Waals surface area contributed by atoms with Crippen LogP contribution in [-0.4, -0.2) is 9.38 Å². The highest BCUT2D eigenvalue weighted by molar-refractivity contribution is 6.13. The van der Waals surface area contributed by atoms with Gasteiger partial charge in [-0.05, 0) is 50.2 Å². The van der Waals surface area contributed by atoms with Gasteiger partial charge in [0.1, 0.15) is 22.7 Å². The van der Waals surface area contributed by atoms with Crippen molar-refractivity contribution in [1.29, 1.82) is 0 Å². The van der Waals surface area contributed by atoms with Gasteiger partial charge in [-0.25, -0.2) is 4.98 Å². The maximum atomic E-state index is 6.60. The molecule has 1 unspecified atom stereocenters. The highest BCUT2D eigenvalue weighted by Gasteiger charge is 2.70. The van der Waals surface area contributed by atoms with E-state index in [1.807, 2.05) is 0 Å². The van der Waals surface area contributed by atoms with Crippen molar-refractivity contribution in [2.75, 3.05) is 0 Å². The Morgan fingerprint density at radius 2 is 1.73 bits per heavy atom. The lowest BCUT2D eigenvalue weighted by atomic mass is 9.86. The molecule has 0 N–H and O–H groups in total. The summed E-state index contributed by atoms with van der Waals surface area (Å²) >= 11 is 0. The molecule has 0 radical (unpaired) electrons. The van der Waals surface area contributed by atoms with Crippen LogP contribution in [0.4, 0.5) is 0 Å². The number of benzene rings is 2. The number of pyridine rings is 3. The van der Waals surface area contributed by atoms with E-state index < -0.39 is 5.66 Å². The molecule has 3 aliphatic rings. The van der Waals surface area contributed by atoms with Gasteiger partial charge in [-0.2, -0.15) is 0 Å². The van der Waals surface area contributed by atoms with Crippen molar-refractivity contribution in [3.63, 3.8) is 0 Å². The Kier molecular flexibility index (Phi) is 2.43. The highest BCUT2D eigenvalue weighted by Crippen LogP contribution is 2.57. The second kappa shape index (κ2) is 4.89. The molecule has 154 valence electrons. The standard InChI is InChI=1S/C28H18N4O/c1-15-16(2)32-20-9-6-14-31-26(20)23-18(27(32)29-15)11-12-22-25(23)28(31)24-17(7-5-10-21(24)33-22)19-8-3-4-13-30(19)28/h3-14H,1-2H3/q+2. The van der Waals surface area contributed by atoms with Crippen LogP contribution in [0.2, 0.25) is 0 Å². The molecule has 6 aromatic rings. The van der Waals surface area contributed by atoms with E-state index in [2.05, 4.69) is 100 Å². The van der Waals surface area contributed by atoms with Gasteiger partial charge >= 0.3 is 5.66 Å². The van der Waals surface area contributed by atoms with Crippen molar-refractivity contribution in [3.8, 4) is 22.8 Å². The predicted molar refractivity (Wildman–Crippen MR) is 124 cm³/mol. The van der Waals surface area contributed by atoms with E-state index >= 15 is 0 Å². The zero-order valence-electron chi connectivity index (χ0n) is 18.1. The minimum absolute atomic E-state index is 0.514. The number of aromatic nitrogens is 4. The van der Waals surface area contributed by atoms with Gasteiger partial charge < -0.3 is 4.74 Å². The first-order valence-corrected chi connectivity index (χ1v) is 11.3. The highest BCUT2D eigenvalue weighted by atomic mass is 16.5. The fourth-order valence-electron chi connectivity index (χ4n) is 6.70. The number of imidazole rings is 1. The Hall–Kier alpha value is -4.25. The minimum atomic E-state index is -0.514. The van der Waals surface area contributed by atoms with Crippen LogP contribution in [0, 0.1) is 13.8 Å². The van der Waals surface area contributed by atoms with Gasteiger partial charge in [-0.15, -0.1) is 9.13 Å². The lowest BCUT2D eigenvalue weighted by Gasteiger charge is -2.25. The average molecular weight is 426 g/mol. The Morgan fingerprint density at radius 3 is 2.67 bits per heavy atom. The Morgan fingerprint density at radius 1 is 0.848 bits per heavy atom. The third-order valence-electron chi connectivity index (χ3n) is 7.98. The molecule has 1 atom stereocenters. The van der Waals surface area contributed by atoms with Crippen molar-refractivity contribution < 1.29 is 13.9 Å². The van der Waals surface area contributed by atoms with Gasteiger partial charge in [0.15, 0.2) is 23.5 Å². The van der Waals surface area contributed by atoms with E-state index in [0.29, 0.717) is 0 Å². The summed E-state index contributed by atoms with van der Waals surface area (Å²) in [5.41, 5.74) is 10.0. The van der Waals surface area contributed by atoms with Crippen molar-refractivity contribution in [1.82, 2.24) is 9.38 Å². The molecule has 5 heteroatoms. The lowest BCUT2D eigenvalue weighted by Crippen LogP contribution is -2.71. The summed E-state index contributed by atoms with van der Waals surface area (Å²) in [6.07, 6.45) is 4.45. The third-order valence-corrected chi connectivity index (χ3v) is 7.98. The summed E-state index contributed by atoms with van der Waals surface area (Å²) in [6.45, 7) is 4.26. The topological polar surface area (TPSA) is 34.3 Å². The summed E-state index contributed by atoms with van der Waals surface area (Å²) in [7, 11) is 0. The van der Waals surface area contributed by atoms with Gasteiger partial charge in [-0.1, -0.05) is 6.07 Å². The van der Waals surface area contributed by atoms with Crippen LogP contribution in [0.5, 0.6) is 11.5 Å². The van der Waals surface area contributed by atoms with E-state index in [0.717, 1.165) is 22.8 Å². The predicted octanol–water partition coefficient (Wildman–Crippen LogP) is 4.53. The largest absolute Gasteiger partial charge is 0.456 e. The maximum Gasteiger partial charge on any atom is 0.425 e. The third kappa shape index (κ3) is 1.47. The first-order valence-electron chi connectivity index (χ1n) is 11.3. The van der Waals surface area contributed by atoms with Crippen LogP contribution in [0.3, 0.4) is 0 Å². The minimum Gasteiger partial charge on any atom is -0.456 e. The number of fused-ring (bicyclic) bond motifs is 5. The molecule has 7 heterocycles. The molecule has 0 fully saturated rings. The number of aryl methyl sites for hydroxylation is 2. The summed E-state index contributed by atoms with van der Waals surface area (Å²) in [4.78, 5) is 5.01. The SMILES string of the molecule is Cc1nc2c3ccc4c5c3c3c(ccc[n+]3C53c5c(cccc5-c5cccc[n+]53)O4)n2c1C. The van der Waals surface area contributed by atoms with Crippen molar-refractivity contribution in [2.24, 2.45) is 0 Å². The molecule has 5 nitrogen and oxygen atoms in total. The molecule has 0 saturated carbocycles. The molecule has 4 aromatic heterocycles. The molecule has 0 bridgehead atoms. The van der Waals surface area contributed by atoms with Gasteiger partial charge in [0.25, 0.3) is 0 Å².